The van der Waals surface area contributed by atoms with Gasteiger partial charge in [0.25, 0.3) is 0 Å². The molecule has 0 aromatic heterocycles. The van der Waals surface area contributed by atoms with Crippen LogP contribution in [0.4, 0.5) is 4.79 Å². The molecule has 2 heterocycles. The van der Waals surface area contributed by atoms with Crippen molar-refractivity contribution in [1.29, 1.82) is 0 Å². The van der Waals surface area contributed by atoms with Gasteiger partial charge in [-0.2, -0.15) is 4.31 Å². The molecule has 11 nitrogen and oxygen atoms in total. The normalized spacial score (nSPS) is 21.5. The predicted octanol–water partition coefficient (Wildman–Crippen LogP) is 3.51. The second-order valence-corrected chi connectivity index (χ2v) is 15.0. The molecule has 1 amide bonds. The van der Waals surface area contributed by atoms with Crippen LogP contribution in [0.1, 0.15) is 38.7 Å². The Hall–Kier alpha value is -2.74. The molecule has 0 bridgehead atoms. The number of hydrogen-bond donors (Lipinski definition) is 2. The van der Waals surface area contributed by atoms with Gasteiger partial charge < -0.3 is 34.3 Å². The number of sulfonamides is 1. The fourth-order valence-corrected chi connectivity index (χ4v) is 7.58. The summed E-state index contributed by atoms with van der Waals surface area (Å²) in [6, 6.07) is 14.8. The van der Waals surface area contributed by atoms with Gasteiger partial charge in [-0.25, -0.2) is 13.2 Å². The van der Waals surface area contributed by atoms with Gasteiger partial charge in [0.05, 0.1) is 43.3 Å². The minimum absolute atomic E-state index is 0.0342. The Kier molecular flexibility index (Phi) is 12.3. The van der Waals surface area contributed by atoms with E-state index in [4.69, 9.17) is 18.9 Å². The summed E-state index contributed by atoms with van der Waals surface area (Å²) in [6.07, 6.45) is -0.0786. The molecule has 0 spiro atoms. The highest BCUT2D eigenvalue weighted by Gasteiger charge is 2.44. The average Bonchev–Trinajstić information content (AvgIpc) is 3.62. The van der Waals surface area contributed by atoms with Gasteiger partial charge in [0.1, 0.15) is 11.9 Å². The number of nitrogens with zero attached hydrogens (tertiary/aromatic N) is 2. The van der Waals surface area contributed by atoms with Crippen molar-refractivity contribution < 1.29 is 37.3 Å². The molecule has 45 heavy (non-hydrogen) atoms. The quantitative estimate of drug-likeness (QED) is 0.282. The molecular formula is C33H49N3O8S. The third-order valence-corrected chi connectivity index (χ3v) is 10.3. The number of benzene rings is 2. The summed E-state index contributed by atoms with van der Waals surface area (Å²) >= 11 is 0. The summed E-state index contributed by atoms with van der Waals surface area (Å²) in [4.78, 5) is 15.4. The van der Waals surface area contributed by atoms with E-state index in [-0.39, 0.29) is 48.6 Å². The van der Waals surface area contributed by atoms with Gasteiger partial charge in [0, 0.05) is 13.1 Å². The number of ether oxygens (including phenoxy) is 4. The minimum Gasteiger partial charge on any atom is -0.497 e. The standard InChI is InChI=1S/C33H49N3O8S/c1-33(2,17-9-18-35(3)4)23-36(45(39,40)26-14-12-25(41-5)13-15-26)21-29(37)28(20-24-10-7-6-8-11-24)34-32(38)44-30-22-43-31-27(30)16-19-42-31/h6-8,10-15,27-31,37H,9,16-23H2,1-5H3,(H,34,38)/t27-,28+,29+,30-,31+/m1/s1. The number of fused-ring (bicyclic) bond motifs is 1. The highest BCUT2D eigenvalue weighted by atomic mass is 32.2. The molecule has 2 aromatic rings. The van der Waals surface area contributed by atoms with E-state index >= 15 is 0 Å². The zero-order valence-electron chi connectivity index (χ0n) is 27.1. The number of alkyl carbamates (subject to hydrolysis) is 1. The molecule has 4 rings (SSSR count). The number of amides is 1. The van der Waals surface area contributed by atoms with Crippen molar-refractivity contribution in [2.75, 3.05) is 54.1 Å². The van der Waals surface area contributed by atoms with Gasteiger partial charge in [-0.3, -0.25) is 0 Å². The lowest BCUT2D eigenvalue weighted by Crippen LogP contribution is -2.52. The van der Waals surface area contributed by atoms with Crippen LogP contribution < -0.4 is 10.1 Å². The predicted molar refractivity (Wildman–Crippen MR) is 170 cm³/mol. The van der Waals surface area contributed by atoms with E-state index < -0.39 is 34.4 Å². The van der Waals surface area contributed by atoms with Crippen LogP contribution in [0.15, 0.2) is 59.5 Å². The third kappa shape index (κ3) is 9.87. The summed E-state index contributed by atoms with van der Waals surface area (Å²) in [7, 11) is 1.51. The zero-order valence-corrected chi connectivity index (χ0v) is 27.9. The molecule has 2 aliphatic rings. The van der Waals surface area contributed by atoms with Gasteiger partial charge in [-0.05, 0) is 81.6 Å². The molecule has 0 radical (unpaired) electrons. The molecule has 2 N–H and O–H groups in total. The van der Waals surface area contributed by atoms with E-state index in [1.54, 1.807) is 12.1 Å². The lowest BCUT2D eigenvalue weighted by atomic mass is 9.87. The number of carbonyl (C=O) groups excluding carboxylic acids is 1. The molecule has 5 atom stereocenters. The van der Waals surface area contributed by atoms with Crippen molar-refractivity contribution in [3.05, 3.63) is 60.2 Å². The van der Waals surface area contributed by atoms with Gasteiger partial charge in [-0.15, -0.1) is 0 Å². The molecule has 2 fully saturated rings. The molecular weight excluding hydrogens is 598 g/mol. The van der Waals surface area contributed by atoms with Crippen molar-refractivity contribution in [3.8, 4) is 5.75 Å². The Labute approximate surface area is 267 Å². The van der Waals surface area contributed by atoms with Crippen LogP contribution in [0.5, 0.6) is 5.75 Å². The van der Waals surface area contributed by atoms with Crippen LogP contribution in [0.25, 0.3) is 0 Å². The molecule has 0 saturated carbocycles. The summed E-state index contributed by atoms with van der Waals surface area (Å²) in [5.41, 5.74) is 0.489. The Bertz CT molecular complexity index is 1320. The minimum atomic E-state index is -4.03. The van der Waals surface area contributed by atoms with E-state index in [0.29, 0.717) is 12.4 Å². The first-order valence-electron chi connectivity index (χ1n) is 15.6. The first-order chi connectivity index (χ1) is 21.4. The fraction of sp³-hybridized carbons (Fsp3) is 0.606. The summed E-state index contributed by atoms with van der Waals surface area (Å²) in [5, 5.41) is 14.5. The van der Waals surface area contributed by atoms with Gasteiger partial charge in [0.2, 0.25) is 10.0 Å². The van der Waals surface area contributed by atoms with Crippen LogP contribution in [-0.4, -0.2) is 107 Å². The van der Waals surface area contributed by atoms with E-state index in [9.17, 15) is 18.3 Å². The maximum absolute atomic E-state index is 14.1. The molecule has 12 heteroatoms. The van der Waals surface area contributed by atoms with Gasteiger partial charge >= 0.3 is 6.09 Å². The second-order valence-electron chi connectivity index (χ2n) is 13.0. The Morgan fingerprint density at radius 2 is 1.82 bits per heavy atom. The number of carbonyl (C=O) groups is 1. The smallest absolute Gasteiger partial charge is 0.407 e. The molecule has 0 unspecified atom stereocenters. The molecule has 2 aliphatic heterocycles. The van der Waals surface area contributed by atoms with Crippen LogP contribution in [0.3, 0.4) is 0 Å². The number of hydrogen-bond acceptors (Lipinski definition) is 9. The largest absolute Gasteiger partial charge is 0.497 e. The zero-order chi connectivity index (χ0) is 32.6. The molecule has 2 saturated heterocycles. The topological polar surface area (TPSA) is 127 Å². The van der Waals surface area contributed by atoms with E-state index in [2.05, 4.69) is 10.2 Å². The maximum Gasteiger partial charge on any atom is 0.407 e. The van der Waals surface area contributed by atoms with Crippen LogP contribution in [0, 0.1) is 11.3 Å². The van der Waals surface area contributed by atoms with Crippen LogP contribution in [-0.2, 0) is 30.7 Å². The van der Waals surface area contributed by atoms with Crippen molar-refractivity contribution >= 4 is 16.1 Å². The third-order valence-electron chi connectivity index (χ3n) is 8.46. The van der Waals surface area contributed by atoms with E-state index in [1.807, 2.05) is 58.3 Å². The van der Waals surface area contributed by atoms with Crippen molar-refractivity contribution in [2.45, 2.75) is 69.0 Å². The molecule has 0 aliphatic carbocycles. The Balaban J connectivity index is 1.55. The van der Waals surface area contributed by atoms with Gasteiger partial charge in [0.15, 0.2) is 6.29 Å². The summed E-state index contributed by atoms with van der Waals surface area (Å²) < 4.78 is 51.6. The van der Waals surface area contributed by atoms with E-state index in [1.165, 1.54) is 23.5 Å². The monoisotopic (exact) mass is 647 g/mol. The van der Waals surface area contributed by atoms with Crippen molar-refractivity contribution in [3.63, 3.8) is 0 Å². The molecule has 2 aromatic carbocycles. The highest BCUT2D eigenvalue weighted by Crippen LogP contribution is 2.33. The number of nitrogens with one attached hydrogen (secondary N) is 1. The van der Waals surface area contributed by atoms with Crippen LogP contribution in [0.2, 0.25) is 0 Å². The first kappa shape index (κ1) is 35.1. The van der Waals surface area contributed by atoms with Crippen molar-refractivity contribution in [1.82, 2.24) is 14.5 Å². The number of methoxy groups -OCH3 is 1. The summed E-state index contributed by atoms with van der Waals surface area (Å²) in [6.45, 7) is 5.69. The summed E-state index contributed by atoms with van der Waals surface area (Å²) in [5.74, 6) is 0.506. The highest BCUT2D eigenvalue weighted by molar-refractivity contribution is 7.89. The lowest BCUT2D eigenvalue weighted by molar-refractivity contribution is -0.0907. The Morgan fingerprint density at radius 3 is 2.49 bits per heavy atom. The Morgan fingerprint density at radius 1 is 1.11 bits per heavy atom. The average molecular weight is 648 g/mol. The fourth-order valence-electron chi connectivity index (χ4n) is 5.93. The SMILES string of the molecule is COc1ccc(S(=O)(=O)N(C[C@H](O)[C@H](Cc2ccccc2)NC(=O)O[C@@H]2CO[C@@H]3OCC[C@@H]32)CC(C)(C)CCCN(C)C)cc1. The van der Waals surface area contributed by atoms with Gasteiger partial charge in [-0.1, -0.05) is 44.2 Å². The maximum atomic E-state index is 14.1. The van der Waals surface area contributed by atoms with Crippen molar-refractivity contribution in [2.24, 2.45) is 11.3 Å². The molecule has 250 valence electrons. The number of rotatable bonds is 16. The lowest BCUT2D eigenvalue weighted by Gasteiger charge is -2.35. The second kappa shape index (κ2) is 15.7. The van der Waals surface area contributed by atoms with Crippen LogP contribution >= 0.6 is 0 Å². The first-order valence-corrected chi connectivity index (χ1v) is 17.0. The number of aliphatic hydroxyl groups excluding tert-OH is 1. The number of aliphatic hydroxyl groups is 1. The van der Waals surface area contributed by atoms with E-state index in [0.717, 1.165) is 31.4 Å².